The largest absolute Gasteiger partial charge is 0.479 e. The molecule has 1 aliphatic rings. The number of hydrogen-bond acceptors (Lipinski definition) is 3. The molecule has 0 bridgehead atoms. The third-order valence-electron chi connectivity index (χ3n) is 4.65. The van der Waals surface area contributed by atoms with Gasteiger partial charge in [0.15, 0.2) is 11.9 Å². The van der Waals surface area contributed by atoms with Gasteiger partial charge in [-0.3, -0.25) is 4.79 Å². The number of allylic oxidation sites excluding steroid dienone is 4. The Hall–Kier alpha value is -1.90. The number of aliphatic carboxylic acids is 1. The molecule has 1 rings (SSSR count). The summed E-state index contributed by atoms with van der Waals surface area (Å²) in [4.78, 5) is 22.8. The molecule has 0 radical (unpaired) electrons. The van der Waals surface area contributed by atoms with Gasteiger partial charge in [-0.15, -0.1) is 5.73 Å². The van der Waals surface area contributed by atoms with Gasteiger partial charge in [0.25, 0.3) is 0 Å². The second-order valence-electron chi connectivity index (χ2n) is 7.15. The number of carbonyl (C=O) groups is 2. The van der Waals surface area contributed by atoms with E-state index in [0.29, 0.717) is 18.8 Å². The quantitative estimate of drug-likeness (QED) is 0.412. The first-order chi connectivity index (χ1) is 12.3. The lowest BCUT2D eigenvalue weighted by atomic mass is 9.99. The summed E-state index contributed by atoms with van der Waals surface area (Å²) in [5, 5.41) is 17.9. The first-order valence-corrected chi connectivity index (χ1v) is 9.60. The van der Waals surface area contributed by atoms with E-state index >= 15 is 0 Å². The van der Waals surface area contributed by atoms with E-state index in [1.807, 2.05) is 6.92 Å². The predicted molar refractivity (Wildman–Crippen MR) is 104 cm³/mol. The number of Topliss-reactive ketones (excluding diaryl/α,β-unsaturated/α-hetero) is 1. The standard InChI is InChI=1S/C22H32O4/c1-4-5-6-8-16(2)11-12-18-13-14-20(23)19(18)15-17(3)9-7-10-21(24)22(25)26/h7,11-12,16,21,24H,4-6,8,10,13-15H2,1-3H3,(H,25,26). The van der Waals surface area contributed by atoms with Crippen molar-refractivity contribution in [2.24, 2.45) is 5.92 Å². The molecule has 26 heavy (non-hydrogen) atoms. The van der Waals surface area contributed by atoms with E-state index in [2.05, 4.69) is 31.7 Å². The van der Waals surface area contributed by atoms with Gasteiger partial charge < -0.3 is 10.2 Å². The minimum absolute atomic E-state index is 0.0156. The van der Waals surface area contributed by atoms with Gasteiger partial charge in [-0.05, 0) is 42.9 Å². The van der Waals surface area contributed by atoms with Crippen LogP contribution in [-0.2, 0) is 9.59 Å². The average Bonchev–Trinajstić information content (AvgIpc) is 2.93. The van der Waals surface area contributed by atoms with Crippen LogP contribution in [0.5, 0.6) is 0 Å². The monoisotopic (exact) mass is 360 g/mol. The van der Waals surface area contributed by atoms with Crippen molar-refractivity contribution in [2.75, 3.05) is 0 Å². The molecule has 0 aromatic rings. The van der Waals surface area contributed by atoms with E-state index in [0.717, 1.165) is 23.1 Å². The molecule has 0 aliphatic heterocycles. The van der Waals surface area contributed by atoms with Crippen LogP contribution in [0.4, 0.5) is 0 Å². The summed E-state index contributed by atoms with van der Waals surface area (Å²) in [5.41, 5.74) is 5.82. The third-order valence-corrected chi connectivity index (χ3v) is 4.65. The smallest absolute Gasteiger partial charge is 0.332 e. The molecule has 0 spiro atoms. The van der Waals surface area contributed by atoms with Crippen LogP contribution in [0.3, 0.4) is 0 Å². The molecule has 0 saturated carbocycles. The Balaban J connectivity index is 2.73. The predicted octanol–water partition coefficient (Wildman–Crippen LogP) is 4.75. The number of ketones is 1. The minimum Gasteiger partial charge on any atom is -0.479 e. The maximum Gasteiger partial charge on any atom is 0.332 e. The van der Waals surface area contributed by atoms with Gasteiger partial charge in [0.05, 0.1) is 0 Å². The van der Waals surface area contributed by atoms with Crippen LogP contribution < -0.4 is 0 Å². The number of carboxylic acid groups (broad SMARTS) is 1. The van der Waals surface area contributed by atoms with Gasteiger partial charge in [0.1, 0.15) is 0 Å². The maximum atomic E-state index is 12.2. The Bertz CT molecular complexity index is 618. The van der Waals surface area contributed by atoms with Crippen LogP contribution in [0.1, 0.15) is 72.1 Å². The van der Waals surface area contributed by atoms with E-state index in [-0.39, 0.29) is 12.2 Å². The van der Waals surface area contributed by atoms with Gasteiger partial charge >= 0.3 is 5.97 Å². The molecule has 1 aliphatic carbocycles. The van der Waals surface area contributed by atoms with Crippen molar-refractivity contribution in [1.82, 2.24) is 0 Å². The molecular weight excluding hydrogens is 328 g/mol. The van der Waals surface area contributed by atoms with Gasteiger partial charge in [0.2, 0.25) is 0 Å². The molecule has 2 N–H and O–H groups in total. The number of rotatable bonds is 11. The van der Waals surface area contributed by atoms with Crippen LogP contribution in [-0.4, -0.2) is 28.1 Å². The Morgan fingerprint density at radius 2 is 2.04 bits per heavy atom. The van der Waals surface area contributed by atoms with Crippen LogP contribution >= 0.6 is 0 Å². The fourth-order valence-corrected chi connectivity index (χ4v) is 2.98. The van der Waals surface area contributed by atoms with Crippen molar-refractivity contribution in [3.8, 4) is 0 Å². The highest BCUT2D eigenvalue weighted by Gasteiger charge is 2.21. The zero-order chi connectivity index (χ0) is 19.5. The SMILES string of the molecule is CCCCCC(C)C=CC1=C(CC(C)=C=CCC(O)C(=O)O)C(=O)CC1. The summed E-state index contributed by atoms with van der Waals surface area (Å²) < 4.78 is 0. The topological polar surface area (TPSA) is 74.6 Å². The zero-order valence-electron chi connectivity index (χ0n) is 16.3. The van der Waals surface area contributed by atoms with Gasteiger partial charge in [-0.25, -0.2) is 4.79 Å². The summed E-state index contributed by atoms with van der Waals surface area (Å²) in [5.74, 6) is -0.537. The molecule has 0 aromatic carbocycles. The van der Waals surface area contributed by atoms with Crippen LogP contribution in [0.2, 0.25) is 0 Å². The molecule has 2 unspecified atom stereocenters. The summed E-state index contributed by atoms with van der Waals surface area (Å²) in [7, 11) is 0. The highest BCUT2D eigenvalue weighted by molar-refractivity contribution is 5.99. The van der Waals surface area contributed by atoms with E-state index in [1.165, 1.54) is 31.8 Å². The number of aliphatic hydroxyl groups excluding tert-OH is 1. The highest BCUT2D eigenvalue weighted by atomic mass is 16.4. The fourth-order valence-electron chi connectivity index (χ4n) is 2.98. The van der Waals surface area contributed by atoms with Crippen molar-refractivity contribution in [3.05, 3.63) is 40.7 Å². The molecule has 0 heterocycles. The van der Waals surface area contributed by atoms with Gasteiger partial charge in [0, 0.05) is 24.8 Å². The number of carboxylic acids is 1. The van der Waals surface area contributed by atoms with Gasteiger partial charge in [-0.1, -0.05) is 45.3 Å². The number of aliphatic hydroxyl groups is 1. The van der Waals surface area contributed by atoms with Crippen LogP contribution in [0.15, 0.2) is 40.7 Å². The Kier molecular flexibility index (Phi) is 9.93. The minimum atomic E-state index is -1.41. The van der Waals surface area contributed by atoms with Gasteiger partial charge in [-0.2, -0.15) is 0 Å². The van der Waals surface area contributed by atoms with E-state index in [9.17, 15) is 14.7 Å². The zero-order valence-corrected chi connectivity index (χ0v) is 16.3. The van der Waals surface area contributed by atoms with Crippen molar-refractivity contribution in [2.45, 2.75) is 78.2 Å². The van der Waals surface area contributed by atoms with Crippen molar-refractivity contribution >= 4 is 11.8 Å². The second kappa shape index (κ2) is 11.7. The first-order valence-electron chi connectivity index (χ1n) is 9.60. The maximum absolute atomic E-state index is 12.2. The molecular formula is C22H32O4. The summed E-state index contributed by atoms with van der Waals surface area (Å²) in [6.07, 6.45) is 11.2. The molecule has 0 aromatic heterocycles. The summed E-state index contributed by atoms with van der Waals surface area (Å²) in [6, 6.07) is 0. The molecule has 0 saturated heterocycles. The molecule has 144 valence electrons. The number of unbranched alkanes of at least 4 members (excludes halogenated alkanes) is 2. The molecule has 0 fully saturated rings. The lowest BCUT2D eigenvalue weighted by molar-refractivity contribution is -0.146. The number of carbonyl (C=O) groups excluding carboxylic acids is 1. The van der Waals surface area contributed by atoms with E-state index in [4.69, 9.17) is 5.11 Å². The van der Waals surface area contributed by atoms with Crippen LogP contribution in [0, 0.1) is 5.92 Å². The Labute approximate surface area is 157 Å². The van der Waals surface area contributed by atoms with E-state index in [1.54, 1.807) is 0 Å². The van der Waals surface area contributed by atoms with Crippen molar-refractivity contribution in [1.29, 1.82) is 0 Å². The van der Waals surface area contributed by atoms with E-state index < -0.39 is 12.1 Å². The average molecular weight is 360 g/mol. The first kappa shape index (κ1) is 22.1. The second-order valence-corrected chi connectivity index (χ2v) is 7.15. The van der Waals surface area contributed by atoms with Crippen molar-refractivity contribution in [3.63, 3.8) is 0 Å². The molecule has 2 atom stereocenters. The summed E-state index contributed by atoms with van der Waals surface area (Å²) >= 11 is 0. The summed E-state index contributed by atoms with van der Waals surface area (Å²) in [6.45, 7) is 6.29. The normalized spacial score (nSPS) is 16.7. The number of hydrogen-bond donors (Lipinski definition) is 2. The fraction of sp³-hybridized carbons (Fsp3) is 0.591. The Morgan fingerprint density at radius 3 is 2.69 bits per heavy atom. The lowest BCUT2D eigenvalue weighted by Crippen LogP contribution is -2.17. The molecule has 4 nitrogen and oxygen atoms in total. The lowest BCUT2D eigenvalue weighted by Gasteiger charge is -2.06. The molecule has 4 heteroatoms. The van der Waals surface area contributed by atoms with Crippen LogP contribution in [0.25, 0.3) is 0 Å². The van der Waals surface area contributed by atoms with Crippen molar-refractivity contribution < 1.29 is 19.8 Å². The Morgan fingerprint density at radius 1 is 1.31 bits per heavy atom. The third kappa shape index (κ3) is 7.99. The highest BCUT2D eigenvalue weighted by Crippen LogP contribution is 2.29. The molecule has 0 amide bonds.